The molecule has 82 valence electrons. The maximum atomic E-state index is 11.4. The SMILES string of the molecule is CC(=O)n1c(=O)oc(=O)c2cc(Br)ccc21. The number of aromatic nitrogens is 1. The molecule has 0 radical (unpaired) electrons. The Labute approximate surface area is 97.4 Å². The smallest absolute Gasteiger partial charge is 0.372 e. The molecule has 0 atom stereocenters. The Kier molecular flexibility index (Phi) is 2.51. The van der Waals surface area contributed by atoms with Crippen LogP contribution >= 0.6 is 15.9 Å². The Hall–Kier alpha value is -1.69. The van der Waals surface area contributed by atoms with Crippen LogP contribution in [0.3, 0.4) is 0 Å². The quantitative estimate of drug-likeness (QED) is 0.732. The Bertz CT molecular complexity index is 698. The van der Waals surface area contributed by atoms with E-state index in [1.54, 1.807) is 6.07 Å². The van der Waals surface area contributed by atoms with E-state index in [1.807, 2.05) is 0 Å². The molecular formula is C10H6BrNO4. The van der Waals surface area contributed by atoms with Gasteiger partial charge in [0, 0.05) is 11.4 Å². The molecule has 0 amide bonds. The zero-order valence-corrected chi connectivity index (χ0v) is 9.78. The van der Waals surface area contributed by atoms with Crippen LogP contribution in [0.4, 0.5) is 0 Å². The molecule has 2 aromatic rings. The number of rotatable bonds is 0. The van der Waals surface area contributed by atoms with Crippen LogP contribution in [0.15, 0.2) is 36.7 Å². The minimum absolute atomic E-state index is 0.184. The van der Waals surface area contributed by atoms with Crippen molar-refractivity contribution in [3.05, 3.63) is 43.6 Å². The van der Waals surface area contributed by atoms with Crippen molar-refractivity contribution in [2.75, 3.05) is 0 Å². The average Bonchev–Trinajstić information content (AvgIpc) is 2.18. The molecule has 0 aliphatic heterocycles. The summed E-state index contributed by atoms with van der Waals surface area (Å²) in [4.78, 5) is 34.0. The molecular weight excluding hydrogens is 278 g/mol. The fourth-order valence-corrected chi connectivity index (χ4v) is 1.80. The lowest BCUT2D eigenvalue weighted by molar-refractivity contribution is 0.0927. The van der Waals surface area contributed by atoms with E-state index < -0.39 is 17.3 Å². The van der Waals surface area contributed by atoms with Crippen LogP contribution in [-0.4, -0.2) is 10.5 Å². The van der Waals surface area contributed by atoms with E-state index in [0.29, 0.717) is 4.47 Å². The molecule has 1 aromatic carbocycles. The van der Waals surface area contributed by atoms with Gasteiger partial charge in [0.2, 0.25) is 5.91 Å². The van der Waals surface area contributed by atoms with Crippen molar-refractivity contribution in [3.63, 3.8) is 0 Å². The van der Waals surface area contributed by atoms with Crippen LogP contribution in [0.2, 0.25) is 0 Å². The lowest BCUT2D eigenvalue weighted by Crippen LogP contribution is -2.28. The lowest BCUT2D eigenvalue weighted by atomic mass is 10.2. The van der Waals surface area contributed by atoms with Crippen molar-refractivity contribution in [1.29, 1.82) is 0 Å². The highest BCUT2D eigenvalue weighted by Gasteiger charge is 2.12. The van der Waals surface area contributed by atoms with Crippen LogP contribution in [0, 0.1) is 0 Å². The van der Waals surface area contributed by atoms with Gasteiger partial charge < -0.3 is 4.42 Å². The summed E-state index contributed by atoms with van der Waals surface area (Å²) in [5.74, 6) is -1.46. The molecule has 5 nitrogen and oxygen atoms in total. The highest BCUT2D eigenvalue weighted by atomic mass is 79.9. The predicted octanol–water partition coefficient (Wildman–Crippen LogP) is 1.38. The minimum atomic E-state index is -0.965. The largest absolute Gasteiger partial charge is 0.429 e. The molecule has 16 heavy (non-hydrogen) atoms. The van der Waals surface area contributed by atoms with Crippen molar-refractivity contribution in [1.82, 2.24) is 4.57 Å². The fraction of sp³-hybridized carbons (Fsp3) is 0.100. The van der Waals surface area contributed by atoms with Gasteiger partial charge >= 0.3 is 11.4 Å². The molecule has 1 heterocycles. The highest BCUT2D eigenvalue weighted by molar-refractivity contribution is 9.10. The van der Waals surface area contributed by atoms with E-state index in [-0.39, 0.29) is 10.9 Å². The van der Waals surface area contributed by atoms with Gasteiger partial charge in [0.15, 0.2) is 0 Å². The Morgan fingerprint density at radius 1 is 1.38 bits per heavy atom. The second-order valence-corrected chi connectivity index (χ2v) is 4.09. The molecule has 0 fully saturated rings. The molecule has 0 saturated heterocycles. The number of carbonyl (C=O) groups is 1. The Morgan fingerprint density at radius 3 is 2.69 bits per heavy atom. The van der Waals surface area contributed by atoms with Crippen LogP contribution in [0.25, 0.3) is 10.9 Å². The highest BCUT2D eigenvalue weighted by Crippen LogP contribution is 2.15. The molecule has 0 spiro atoms. The third-order valence-corrected chi connectivity index (χ3v) is 2.59. The summed E-state index contributed by atoms with van der Waals surface area (Å²) in [5.41, 5.74) is -0.504. The number of benzene rings is 1. The maximum absolute atomic E-state index is 11.4. The number of halogens is 1. The first-order chi connectivity index (χ1) is 7.50. The van der Waals surface area contributed by atoms with Gasteiger partial charge in [0.25, 0.3) is 0 Å². The zero-order chi connectivity index (χ0) is 11.9. The minimum Gasteiger partial charge on any atom is -0.372 e. The molecule has 0 saturated carbocycles. The number of hydrogen-bond donors (Lipinski definition) is 0. The summed E-state index contributed by atoms with van der Waals surface area (Å²) in [6.45, 7) is 1.23. The number of carbonyl (C=O) groups excluding carboxylic acids is 1. The lowest BCUT2D eigenvalue weighted by Gasteiger charge is -2.03. The summed E-state index contributed by atoms with van der Waals surface area (Å²) in [5, 5.41) is 0.184. The molecule has 0 aliphatic rings. The van der Waals surface area contributed by atoms with Crippen LogP contribution in [0.1, 0.15) is 11.7 Å². The van der Waals surface area contributed by atoms with E-state index in [0.717, 1.165) is 4.57 Å². The van der Waals surface area contributed by atoms with E-state index in [9.17, 15) is 14.4 Å². The monoisotopic (exact) mass is 283 g/mol. The van der Waals surface area contributed by atoms with Crippen LogP contribution in [0.5, 0.6) is 0 Å². The molecule has 1 aromatic heterocycles. The third kappa shape index (κ3) is 1.61. The van der Waals surface area contributed by atoms with E-state index in [1.165, 1.54) is 19.1 Å². The van der Waals surface area contributed by atoms with Gasteiger partial charge in [-0.1, -0.05) is 15.9 Å². The van der Waals surface area contributed by atoms with Crippen molar-refractivity contribution in [2.45, 2.75) is 6.92 Å². The van der Waals surface area contributed by atoms with E-state index in [2.05, 4.69) is 20.3 Å². The third-order valence-electron chi connectivity index (χ3n) is 2.10. The summed E-state index contributed by atoms with van der Waals surface area (Å²) in [6.07, 6.45) is 0. The summed E-state index contributed by atoms with van der Waals surface area (Å²) in [7, 11) is 0. The second kappa shape index (κ2) is 3.71. The van der Waals surface area contributed by atoms with Gasteiger partial charge in [0.05, 0.1) is 10.9 Å². The molecule has 0 N–H and O–H groups in total. The topological polar surface area (TPSA) is 69.3 Å². The molecule has 0 unspecified atom stereocenters. The standard InChI is InChI=1S/C10H6BrNO4/c1-5(13)12-8-3-2-6(11)4-7(8)9(14)16-10(12)15/h2-4H,1H3. The van der Waals surface area contributed by atoms with Crippen molar-refractivity contribution >= 4 is 32.7 Å². The summed E-state index contributed by atoms with van der Waals surface area (Å²) >= 11 is 3.19. The summed E-state index contributed by atoms with van der Waals surface area (Å²) < 4.78 is 5.94. The Balaban J connectivity index is 3.08. The predicted molar refractivity (Wildman–Crippen MR) is 60.7 cm³/mol. The van der Waals surface area contributed by atoms with Gasteiger partial charge in [0.1, 0.15) is 0 Å². The van der Waals surface area contributed by atoms with E-state index >= 15 is 0 Å². The van der Waals surface area contributed by atoms with E-state index in [4.69, 9.17) is 0 Å². The summed E-state index contributed by atoms with van der Waals surface area (Å²) in [6, 6.07) is 4.65. The van der Waals surface area contributed by atoms with Gasteiger partial charge in [-0.2, -0.15) is 0 Å². The van der Waals surface area contributed by atoms with Crippen molar-refractivity contribution in [3.8, 4) is 0 Å². The zero-order valence-electron chi connectivity index (χ0n) is 8.19. The van der Waals surface area contributed by atoms with Gasteiger partial charge in [-0.25, -0.2) is 14.2 Å². The fourth-order valence-electron chi connectivity index (χ4n) is 1.44. The number of fused-ring (bicyclic) bond motifs is 1. The average molecular weight is 284 g/mol. The van der Waals surface area contributed by atoms with Gasteiger partial charge in [-0.15, -0.1) is 0 Å². The maximum Gasteiger partial charge on any atom is 0.429 e. The molecule has 0 aliphatic carbocycles. The second-order valence-electron chi connectivity index (χ2n) is 3.17. The van der Waals surface area contributed by atoms with Crippen molar-refractivity contribution < 1.29 is 9.21 Å². The molecule has 0 bridgehead atoms. The van der Waals surface area contributed by atoms with Crippen molar-refractivity contribution in [2.24, 2.45) is 0 Å². The first-order valence-electron chi connectivity index (χ1n) is 4.37. The Morgan fingerprint density at radius 2 is 2.06 bits per heavy atom. The van der Waals surface area contributed by atoms with Gasteiger partial charge in [-0.05, 0) is 18.2 Å². The first-order valence-corrected chi connectivity index (χ1v) is 5.16. The van der Waals surface area contributed by atoms with Crippen LogP contribution in [-0.2, 0) is 0 Å². The first kappa shape index (κ1) is 10.8. The number of hydrogen-bond acceptors (Lipinski definition) is 4. The molecule has 6 heteroatoms. The number of nitrogens with zero attached hydrogens (tertiary/aromatic N) is 1. The van der Waals surface area contributed by atoms with Crippen LogP contribution < -0.4 is 11.4 Å². The normalized spacial score (nSPS) is 10.6. The van der Waals surface area contributed by atoms with Gasteiger partial charge in [-0.3, -0.25) is 4.79 Å². The molecule has 2 rings (SSSR count).